The van der Waals surface area contributed by atoms with Crippen LogP contribution in [0.5, 0.6) is 0 Å². The number of anilines is 1. The largest absolute Gasteiger partial charge is 0.481 e. The number of ether oxygens (including phenoxy) is 1. The number of amides is 2. The second kappa shape index (κ2) is 17.8. The smallest absolute Gasteiger partial charge is 0.386 e. The van der Waals surface area contributed by atoms with E-state index < -0.39 is 78.6 Å². The van der Waals surface area contributed by atoms with Crippen LogP contribution in [-0.4, -0.2) is 122 Å². The summed E-state index contributed by atoms with van der Waals surface area (Å²) in [5.74, 6) is -0.232. The van der Waals surface area contributed by atoms with Crippen molar-refractivity contribution in [2.75, 3.05) is 37.8 Å². The van der Waals surface area contributed by atoms with Crippen molar-refractivity contribution in [2.45, 2.75) is 63.8 Å². The van der Waals surface area contributed by atoms with E-state index in [-0.39, 0.29) is 35.9 Å². The van der Waals surface area contributed by atoms with Gasteiger partial charge in [0.1, 0.15) is 36.3 Å². The van der Waals surface area contributed by atoms with Crippen LogP contribution in [0.4, 0.5) is 5.82 Å². The number of phosphoric acid groups is 3. The maximum atomic E-state index is 12.7. The monoisotopic (exact) mass is 851 g/mol. The first kappa shape index (κ1) is 43.7. The molecule has 53 heavy (non-hydrogen) atoms. The van der Waals surface area contributed by atoms with Crippen LogP contribution in [0.3, 0.4) is 0 Å². The van der Waals surface area contributed by atoms with E-state index in [0.29, 0.717) is 18.2 Å². The minimum absolute atomic E-state index is 0.0359. The zero-order chi connectivity index (χ0) is 39.4. The lowest BCUT2D eigenvalue weighted by molar-refractivity contribution is -0.137. The Balaban J connectivity index is 1.25. The number of aromatic nitrogens is 4. The number of nitrogens with zero attached hydrogens (tertiary/aromatic N) is 4. The van der Waals surface area contributed by atoms with Crippen LogP contribution in [0.1, 0.15) is 39.3 Å². The number of nitrogen functional groups attached to an aromatic ring is 1. The number of aliphatic hydroxyl groups excluding tert-OH is 2. The van der Waals surface area contributed by atoms with E-state index in [4.69, 9.17) is 31.7 Å². The number of carbonyl (C=O) groups excluding carboxylic acids is 2. The molecule has 10 N–H and O–H groups in total. The van der Waals surface area contributed by atoms with Gasteiger partial charge < -0.3 is 50.9 Å². The third-order valence-electron chi connectivity index (χ3n) is 7.66. The molecule has 2 fully saturated rings. The lowest BCUT2D eigenvalue weighted by atomic mass is 9.87. The molecule has 1 saturated carbocycles. The number of carbonyl (C=O) groups is 2. The van der Waals surface area contributed by atoms with Crippen molar-refractivity contribution in [1.29, 1.82) is 0 Å². The Morgan fingerprint density at radius 2 is 1.79 bits per heavy atom. The van der Waals surface area contributed by atoms with Crippen LogP contribution < -0.4 is 16.4 Å². The number of rotatable bonds is 20. The fraction of sp³-hybridized carbons (Fsp3) is 0.680. The molecule has 2 aromatic rings. The van der Waals surface area contributed by atoms with Crippen LogP contribution in [-0.2, 0) is 45.9 Å². The molecule has 7 atom stereocenters. The zero-order valence-electron chi connectivity index (χ0n) is 28.1. The Labute approximate surface area is 311 Å². The van der Waals surface area contributed by atoms with Gasteiger partial charge >= 0.3 is 23.5 Å². The van der Waals surface area contributed by atoms with E-state index in [1.54, 1.807) is 0 Å². The average Bonchev–Trinajstić information content (AvgIpc) is 3.76. The van der Waals surface area contributed by atoms with Crippen LogP contribution in [0.25, 0.3) is 11.2 Å². The average molecular weight is 852 g/mol. The first-order valence-corrected chi connectivity index (χ1v) is 21.6. The molecule has 1 saturated heterocycles. The van der Waals surface area contributed by atoms with Crippen molar-refractivity contribution in [3.8, 4) is 0 Å². The molecule has 0 aromatic carbocycles. The molecule has 28 heteroatoms. The van der Waals surface area contributed by atoms with Crippen LogP contribution >= 0.6 is 47.4 Å². The van der Waals surface area contributed by atoms with Crippen molar-refractivity contribution in [3.05, 3.63) is 12.7 Å². The molecule has 1 aliphatic carbocycles. The van der Waals surface area contributed by atoms with Crippen LogP contribution in [0.15, 0.2) is 12.7 Å². The predicted molar refractivity (Wildman–Crippen MR) is 187 cm³/mol. The first-order chi connectivity index (χ1) is 24.6. The van der Waals surface area contributed by atoms with Crippen molar-refractivity contribution in [3.63, 3.8) is 0 Å². The van der Waals surface area contributed by atoms with Crippen molar-refractivity contribution in [2.24, 2.45) is 11.3 Å². The van der Waals surface area contributed by atoms with E-state index in [2.05, 4.69) is 34.4 Å². The number of fused-ring (bicyclic) bond motifs is 1. The summed E-state index contributed by atoms with van der Waals surface area (Å²) < 4.78 is 63.0. The van der Waals surface area contributed by atoms with E-state index in [1.165, 1.54) is 25.6 Å². The second-order valence-corrected chi connectivity index (χ2v) is 18.6. The van der Waals surface area contributed by atoms with Crippen molar-refractivity contribution < 1.29 is 75.7 Å². The number of thioether (sulfide) groups is 1. The number of hydrogen-bond acceptors (Lipinski definition) is 18. The molecule has 0 spiro atoms. The van der Waals surface area contributed by atoms with Gasteiger partial charge in [-0.3, -0.25) is 27.7 Å². The molecule has 2 aliphatic rings. The van der Waals surface area contributed by atoms with Gasteiger partial charge in [0.05, 0.1) is 23.7 Å². The van der Waals surface area contributed by atoms with Crippen molar-refractivity contribution >= 4 is 80.4 Å². The molecule has 2 amide bonds. The maximum absolute atomic E-state index is 12.7. The lowest BCUT2D eigenvalue weighted by Crippen LogP contribution is -2.46. The highest BCUT2D eigenvalue weighted by Gasteiger charge is 2.50. The maximum Gasteiger partial charge on any atom is 0.481 e. The minimum Gasteiger partial charge on any atom is -0.386 e. The Bertz CT molecular complexity index is 1800. The Morgan fingerprint density at radius 3 is 2.45 bits per heavy atom. The van der Waals surface area contributed by atoms with Gasteiger partial charge in [0.2, 0.25) is 11.8 Å². The number of imidazole rings is 1. The molecule has 2 unspecified atom stereocenters. The van der Waals surface area contributed by atoms with E-state index in [9.17, 15) is 53.1 Å². The summed E-state index contributed by atoms with van der Waals surface area (Å²) in [7, 11) is -16.3. The van der Waals surface area contributed by atoms with Gasteiger partial charge in [-0.25, -0.2) is 28.6 Å². The van der Waals surface area contributed by atoms with E-state index >= 15 is 0 Å². The SMILES string of the molecule is CC(C)(COP(=O)(O)OP(=O)(O)OC[C@H]1O[C@@H](n2cnc3c(N)ncnc32)[C@H](O)[C@@H]1OP(=O)(O)O)[C@H](O)C(=O)NCCC(=O)NCCSC(=S)C1CC1. The molecular formula is C25H40N7O16P3S2. The van der Waals surface area contributed by atoms with E-state index in [0.717, 1.165) is 34.3 Å². The topological polar surface area (TPSA) is 347 Å². The van der Waals surface area contributed by atoms with E-state index in [1.807, 2.05) is 0 Å². The van der Waals surface area contributed by atoms with Gasteiger partial charge in [-0.15, -0.1) is 11.8 Å². The summed E-state index contributed by atoms with van der Waals surface area (Å²) in [5, 5.41) is 26.5. The molecule has 23 nitrogen and oxygen atoms in total. The summed E-state index contributed by atoms with van der Waals surface area (Å²) in [4.78, 5) is 75.5. The molecule has 0 radical (unpaired) electrons. The Hall–Kier alpha value is -2.02. The highest BCUT2D eigenvalue weighted by Crippen LogP contribution is 2.61. The summed E-state index contributed by atoms with van der Waals surface area (Å²) in [6.07, 6.45) is -4.56. The minimum atomic E-state index is -5.55. The van der Waals surface area contributed by atoms with Gasteiger partial charge in [-0.2, -0.15) is 4.31 Å². The summed E-state index contributed by atoms with van der Waals surface area (Å²) in [6, 6.07) is 0. The summed E-state index contributed by atoms with van der Waals surface area (Å²) in [6.45, 7) is 0.808. The summed E-state index contributed by atoms with van der Waals surface area (Å²) >= 11 is 6.78. The third kappa shape index (κ3) is 12.8. The number of nitrogens with two attached hydrogens (primary N) is 1. The molecule has 2 aromatic heterocycles. The molecular weight excluding hydrogens is 811 g/mol. The lowest BCUT2D eigenvalue weighted by Gasteiger charge is -2.30. The third-order valence-corrected chi connectivity index (χ3v) is 12.5. The van der Waals surface area contributed by atoms with Gasteiger partial charge in [0.15, 0.2) is 17.7 Å². The van der Waals surface area contributed by atoms with Gasteiger partial charge in [-0.1, -0.05) is 26.1 Å². The molecule has 0 bridgehead atoms. The summed E-state index contributed by atoms with van der Waals surface area (Å²) in [5.41, 5.74) is 4.31. The first-order valence-electron chi connectivity index (χ1n) is 15.6. The Kier molecular flexibility index (Phi) is 14.7. The van der Waals surface area contributed by atoms with Gasteiger partial charge in [-0.05, 0) is 12.8 Å². The normalized spacial score (nSPS) is 23.6. The second-order valence-electron chi connectivity index (χ2n) is 12.5. The number of thiocarbonyl (C=S) groups is 1. The number of hydrogen-bond donors (Lipinski definition) is 9. The predicted octanol–water partition coefficient (Wildman–Crippen LogP) is -0.124. The molecule has 3 heterocycles. The molecule has 4 rings (SSSR count). The van der Waals surface area contributed by atoms with Crippen LogP contribution in [0, 0.1) is 11.3 Å². The number of aliphatic hydroxyl groups is 2. The number of phosphoric ester groups is 3. The van der Waals surface area contributed by atoms with Gasteiger partial charge in [0, 0.05) is 36.6 Å². The Morgan fingerprint density at radius 1 is 1.11 bits per heavy atom. The highest BCUT2D eigenvalue weighted by atomic mass is 32.2. The quantitative estimate of drug-likeness (QED) is 0.0476. The fourth-order valence-electron chi connectivity index (χ4n) is 4.72. The van der Waals surface area contributed by atoms with Crippen LogP contribution in [0.2, 0.25) is 0 Å². The molecule has 1 aliphatic heterocycles. The molecule has 298 valence electrons. The standard InChI is InChI=1S/C25H40N7O16P3S2/c1-25(2,19(35)22(36)28-6-5-15(33)27-7-8-53-24(52)13-3-4-13)10-45-51(42,43)48-50(40,41)44-9-14-18(47-49(37,38)39)17(34)23(46-14)32-12-31-16-20(26)29-11-30-21(16)32/h11-14,17-19,23,34-35H,3-10H2,1-2H3,(H,27,33)(H,28,36)(H,40,41)(H,42,43)(H2,26,29,30)(H2,37,38,39)/t14-,17-,18-,19-,23-/m1/s1. The van der Waals surface area contributed by atoms with Gasteiger partial charge in [0.25, 0.3) is 0 Å². The highest BCUT2D eigenvalue weighted by molar-refractivity contribution is 8.23. The van der Waals surface area contributed by atoms with Crippen molar-refractivity contribution in [1.82, 2.24) is 30.2 Å². The number of nitrogens with one attached hydrogen (secondary N) is 2. The zero-order valence-corrected chi connectivity index (χ0v) is 32.4. The fourth-order valence-corrected chi connectivity index (χ4v) is 8.91.